The maximum Gasteiger partial charge on any atom is 0.165 e. The zero-order chi connectivity index (χ0) is 10.6. The number of allylic oxidation sites excluding steroid dienone is 1. The normalized spacial score (nSPS) is 9.86. The molecule has 0 bridgehead atoms. The van der Waals surface area contributed by atoms with Gasteiger partial charge in [0.25, 0.3) is 0 Å². The van der Waals surface area contributed by atoms with Crippen LogP contribution >= 0.6 is 11.6 Å². The first-order valence-electron chi connectivity index (χ1n) is 4.39. The summed E-state index contributed by atoms with van der Waals surface area (Å²) in [5.41, 5.74) is 1.33. The van der Waals surface area contributed by atoms with Crippen LogP contribution in [-0.2, 0) is 0 Å². The lowest BCUT2D eigenvalue weighted by atomic mass is 10.1. The van der Waals surface area contributed by atoms with Crippen molar-refractivity contribution >= 4 is 17.2 Å². The number of phenols is 1. The minimum Gasteiger partial charge on any atom is -0.504 e. The van der Waals surface area contributed by atoms with Gasteiger partial charge in [-0.1, -0.05) is 18.7 Å². The van der Waals surface area contributed by atoms with Crippen molar-refractivity contribution in [3.05, 3.63) is 30.3 Å². The number of phenolic OH excluding ortho intramolecular Hbond substituents is 1. The molecule has 0 amide bonds. The van der Waals surface area contributed by atoms with Gasteiger partial charge in [-0.15, -0.1) is 11.6 Å². The third-order valence-electron chi connectivity index (χ3n) is 1.84. The summed E-state index contributed by atoms with van der Waals surface area (Å²) in [5.74, 6) is 0.875. The molecule has 0 saturated carbocycles. The standard InChI is InChI=1S/C11H13ClO2/c1-3-14-10-6-4-5-9(11(10)13)8(2)7-12/h4-6,13H,2-3,7H2,1H3. The molecule has 1 aromatic carbocycles. The monoisotopic (exact) mass is 212 g/mol. The Labute approximate surface area is 88.8 Å². The molecule has 0 heterocycles. The van der Waals surface area contributed by atoms with Gasteiger partial charge in [-0.25, -0.2) is 0 Å². The highest BCUT2D eigenvalue weighted by atomic mass is 35.5. The second-order valence-electron chi connectivity index (χ2n) is 2.82. The molecule has 1 aromatic rings. The Bertz CT molecular complexity index is 334. The summed E-state index contributed by atoms with van der Waals surface area (Å²) in [5, 5.41) is 9.78. The van der Waals surface area contributed by atoms with Gasteiger partial charge in [-0.05, 0) is 18.6 Å². The molecule has 0 unspecified atom stereocenters. The van der Waals surface area contributed by atoms with Crippen LogP contribution in [0, 0.1) is 0 Å². The molecule has 0 atom stereocenters. The van der Waals surface area contributed by atoms with Gasteiger partial charge < -0.3 is 9.84 Å². The van der Waals surface area contributed by atoms with Gasteiger partial charge >= 0.3 is 0 Å². The molecule has 0 aliphatic rings. The molecular formula is C11H13ClO2. The predicted octanol–water partition coefficient (Wildman–Crippen LogP) is 3.04. The van der Waals surface area contributed by atoms with Gasteiger partial charge in [0.05, 0.1) is 6.61 Å². The minimum atomic E-state index is 0.111. The van der Waals surface area contributed by atoms with Crippen LogP contribution in [0.1, 0.15) is 12.5 Å². The number of benzene rings is 1. The Morgan fingerprint density at radius 2 is 2.29 bits per heavy atom. The zero-order valence-electron chi connectivity index (χ0n) is 8.09. The van der Waals surface area contributed by atoms with Crippen molar-refractivity contribution in [2.45, 2.75) is 6.92 Å². The van der Waals surface area contributed by atoms with E-state index in [9.17, 15) is 5.11 Å². The van der Waals surface area contributed by atoms with E-state index >= 15 is 0 Å². The molecule has 3 heteroatoms. The summed E-state index contributed by atoms with van der Waals surface area (Å²) in [4.78, 5) is 0. The molecule has 0 aromatic heterocycles. The largest absolute Gasteiger partial charge is 0.504 e. The topological polar surface area (TPSA) is 29.5 Å². The Kier molecular flexibility index (Phi) is 3.84. The van der Waals surface area contributed by atoms with Crippen LogP contribution in [-0.4, -0.2) is 17.6 Å². The fourth-order valence-corrected chi connectivity index (χ4v) is 1.30. The van der Waals surface area contributed by atoms with Crippen molar-refractivity contribution in [1.82, 2.24) is 0 Å². The molecular weight excluding hydrogens is 200 g/mol. The summed E-state index contributed by atoms with van der Waals surface area (Å²) in [6.07, 6.45) is 0. The van der Waals surface area contributed by atoms with Crippen molar-refractivity contribution in [3.63, 3.8) is 0 Å². The number of hydrogen-bond acceptors (Lipinski definition) is 2. The van der Waals surface area contributed by atoms with Crippen LogP contribution in [0.5, 0.6) is 11.5 Å². The van der Waals surface area contributed by atoms with E-state index in [1.165, 1.54) is 0 Å². The fraction of sp³-hybridized carbons (Fsp3) is 0.273. The first-order valence-corrected chi connectivity index (χ1v) is 4.93. The molecule has 1 N–H and O–H groups in total. The lowest BCUT2D eigenvalue weighted by molar-refractivity contribution is 0.318. The Morgan fingerprint density at radius 1 is 1.57 bits per heavy atom. The van der Waals surface area contributed by atoms with Gasteiger partial charge in [-0.2, -0.15) is 0 Å². The van der Waals surface area contributed by atoms with Gasteiger partial charge in [0, 0.05) is 11.4 Å². The summed E-state index contributed by atoms with van der Waals surface area (Å²) in [6.45, 7) is 6.14. The van der Waals surface area contributed by atoms with E-state index in [1.807, 2.05) is 6.92 Å². The first-order chi connectivity index (χ1) is 6.70. The third kappa shape index (κ3) is 2.20. The Hall–Kier alpha value is -1.15. The highest BCUT2D eigenvalue weighted by Gasteiger charge is 2.09. The van der Waals surface area contributed by atoms with E-state index < -0.39 is 0 Å². The zero-order valence-corrected chi connectivity index (χ0v) is 8.84. The highest BCUT2D eigenvalue weighted by molar-refractivity contribution is 6.23. The van der Waals surface area contributed by atoms with Crippen LogP contribution in [0.3, 0.4) is 0 Å². The van der Waals surface area contributed by atoms with E-state index in [0.29, 0.717) is 29.4 Å². The maximum absolute atomic E-state index is 9.78. The van der Waals surface area contributed by atoms with Crippen molar-refractivity contribution in [2.75, 3.05) is 12.5 Å². The molecule has 2 nitrogen and oxygen atoms in total. The van der Waals surface area contributed by atoms with Crippen molar-refractivity contribution in [1.29, 1.82) is 0 Å². The molecule has 0 aliphatic heterocycles. The predicted molar refractivity (Wildman–Crippen MR) is 59.0 cm³/mol. The van der Waals surface area contributed by atoms with E-state index in [1.54, 1.807) is 18.2 Å². The molecule has 0 fully saturated rings. The van der Waals surface area contributed by atoms with E-state index in [4.69, 9.17) is 16.3 Å². The number of ether oxygens (including phenoxy) is 1. The number of para-hydroxylation sites is 1. The Morgan fingerprint density at radius 3 is 2.86 bits per heavy atom. The number of aromatic hydroxyl groups is 1. The van der Waals surface area contributed by atoms with Crippen LogP contribution in [0.15, 0.2) is 24.8 Å². The lowest BCUT2D eigenvalue weighted by Gasteiger charge is -2.10. The number of halogens is 1. The molecule has 14 heavy (non-hydrogen) atoms. The van der Waals surface area contributed by atoms with E-state index in [-0.39, 0.29) is 5.75 Å². The molecule has 0 spiro atoms. The highest BCUT2D eigenvalue weighted by Crippen LogP contribution is 2.33. The quantitative estimate of drug-likeness (QED) is 0.778. The van der Waals surface area contributed by atoms with Crippen LogP contribution in [0.25, 0.3) is 5.57 Å². The van der Waals surface area contributed by atoms with Crippen molar-refractivity contribution in [3.8, 4) is 11.5 Å². The molecule has 76 valence electrons. The molecule has 0 saturated heterocycles. The van der Waals surface area contributed by atoms with E-state index in [2.05, 4.69) is 6.58 Å². The van der Waals surface area contributed by atoms with Gasteiger partial charge in [0.15, 0.2) is 11.5 Å². The van der Waals surface area contributed by atoms with Gasteiger partial charge in [-0.3, -0.25) is 0 Å². The summed E-state index contributed by atoms with van der Waals surface area (Å²) in [7, 11) is 0. The first kappa shape index (κ1) is 10.9. The van der Waals surface area contributed by atoms with Gasteiger partial charge in [0.2, 0.25) is 0 Å². The Balaban J connectivity index is 3.07. The van der Waals surface area contributed by atoms with Gasteiger partial charge in [0.1, 0.15) is 0 Å². The van der Waals surface area contributed by atoms with Crippen LogP contribution in [0.2, 0.25) is 0 Å². The average molecular weight is 213 g/mol. The molecule has 0 radical (unpaired) electrons. The lowest BCUT2D eigenvalue weighted by Crippen LogP contribution is -1.94. The number of hydrogen-bond donors (Lipinski definition) is 1. The second-order valence-corrected chi connectivity index (χ2v) is 3.09. The van der Waals surface area contributed by atoms with Crippen LogP contribution < -0.4 is 4.74 Å². The average Bonchev–Trinajstić information content (AvgIpc) is 2.20. The number of rotatable bonds is 4. The summed E-state index contributed by atoms with van der Waals surface area (Å²) >= 11 is 5.64. The SMILES string of the molecule is C=C(CCl)c1cccc(OCC)c1O. The van der Waals surface area contributed by atoms with Crippen molar-refractivity contribution < 1.29 is 9.84 Å². The second kappa shape index (κ2) is 4.91. The minimum absolute atomic E-state index is 0.111. The molecule has 0 aliphatic carbocycles. The van der Waals surface area contributed by atoms with E-state index in [0.717, 1.165) is 0 Å². The number of alkyl halides is 1. The maximum atomic E-state index is 9.78. The summed E-state index contributed by atoms with van der Waals surface area (Å²) < 4.78 is 5.24. The van der Waals surface area contributed by atoms with Crippen molar-refractivity contribution in [2.24, 2.45) is 0 Å². The molecule has 1 rings (SSSR count). The summed E-state index contributed by atoms with van der Waals surface area (Å²) in [6, 6.07) is 5.28. The van der Waals surface area contributed by atoms with Crippen LogP contribution in [0.4, 0.5) is 0 Å². The third-order valence-corrected chi connectivity index (χ3v) is 2.16. The fourth-order valence-electron chi connectivity index (χ4n) is 1.15. The smallest absolute Gasteiger partial charge is 0.165 e.